The van der Waals surface area contributed by atoms with Crippen LogP contribution in [0.4, 0.5) is 9.59 Å². The van der Waals surface area contributed by atoms with Crippen LogP contribution in [0.2, 0.25) is 0 Å². The van der Waals surface area contributed by atoms with E-state index in [0.717, 1.165) is 0 Å². The zero-order chi connectivity index (χ0) is 23.0. The summed E-state index contributed by atoms with van der Waals surface area (Å²) < 4.78 is 5.47. The Balaban J connectivity index is 1.69. The van der Waals surface area contributed by atoms with Gasteiger partial charge in [-0.25, -0.2) is 14.4 Å². The number of ether oxygens (including phenoxy) is 1. The van der Waals surface area contributed by atoms with E-state index in [1.54, 1.807) is 26.8 Å². The lowest BCUT2D eigenvalue weighted by Gasteiger charge is -2.37. The van der Waals surface area contributed by atoms with Crippen molar-refractivity contribution < 1.29 is 24.2 Å². The van der Waals surface area contributed by atoms with E-state index in [4.69, 9.17) is 9.84 Å². The minimum absolute atomic E-state index is 0.0886. The summed E-state index contributed by atoms with van der Waals surface area (Å²) in [4.78, 5) is 41.6. The van der Waals surface area contributed by atoms with Crippen molar-refractivity contribution in [3.05, 3.63) is 35.4 Å². The predicted octanol–water partition coefficient (Wildman–Crippen LogP) is 2.87. The van der Waals surface area contributed by atoms with Gasteiger partial charge in [-0.05, 0) is 58.9 Å². The van der Waals surface area contributed by atoms with Crippen LogP contribution in [0.25, 0.3) is 0 Å². The molecular weight excluding hydrogens is 398 g/mol. The quantitative estimate of drug-likeness (QED) is 0.733. The van der Waals surface area contributed by atoms with Gasteiger partial charge in [0.2, 0.25) is 0 Å². The molecule has 3 amide bonds. The second-order valence-electron chi connectivity index (χ2n) is 9.36. The molecule has 3 rings (SSSR count). The third-order valence-electron chi connectivity index (χ3n) is 5.32. The van der Waals surface area contributed by atoms with Gasteiger partial charge in [-0.2, -0.15) is 0 Å². The highest BCUT2D eigenvalue weighted by molar-refractivity contribution is 5.87. The number of hydrogen-bond donors (Lipinski definition) is 1. The van der Waals surface area contributed by atoms with E-state index in [1.165, 1.54) is 12.1 Å². The molecule has 31 heavy (non-hydrogen) atoms. The smallest absolute Gasteiger partial charge is 0.410 e. The van der Waals surface area contributed by atoms with E-state index in [0.29, 0.717) is 31.7 Å². The molecule has 2 heterocycles. The molecule has 2 saturated heterocycles. The summed E-state index contributed by atoms with van der Waals surface area (Å²) >= 11 is 0. The molecule has 8 nitrogen and oxygen atoms in total. The lowest BCUT2D eigenvalue weighted by molar-refractivity contribution is 0.0127. The van der Waals surface area contributed by atoms with Gasteiger partial charge in [0.25, 0.3) is 0 Å². The predicted molar refractivity (Wildman–Crippen MR) is 115 cm³/mol. The normalized spacial score (nSPS) is 18.9. The number of nitrogens with zero attached hydrogens (tertiary/aromatic N) is 3. The molecule has 2 aliphatic rings. The fourth-order valence-electron chi connectivity index (χ4n) is 3.66. The van der Waals surface area contributed by atoms with Crippen molar-refractivity contribution in [1.29, 1.82) is 0 Å². The van der Waals surface area contributed by atoms with Gasteiger partial charge in [-0.15, -0.1) is 0 Å². The number of urea groups is 1. The van der Waals surface area contributed by atoms with Gasteiger partial charge in [0.15, 0.2) is 0 Å². The number of fused-ring (bicyclic) bond motifs is 1. The fraction of sp³-hybridized carbons (Fsp3) is 0.522. The summed E-state index contributed by atoms with van der Waals surface area (Å²) in [6.45, 7) is 11.1. The van der Waals surface area contributed by atoms with Crippen LogP contribution in [0.1, 0.15) is 50.5 Å². The number of amides is 3. The van der Waals surface area contributed by atoms with Crippen LogP contribution in [0.15, 0.2) is 24.3 Å². The second kappa shape index (κ2) is 8.14. The third kappa shape index (κ3) is 5.10. The molecule has 1 atom stereocenters. The van der Waals surface area contributed by atoms with E-state index in [9.17, 15) is 14.4 Å². The van der Waals surface area contributed by atoms with Crippen LogP contribution in [-0.2, 0) is 4.74 Å². The Bertz CT molecular complexity index is 937. The molecule has 0 unspecified atom stereocenters. The number of carboxylic acid groups (broad SMARTS) is 1. The molecule has 1 aromatic carbocycles. The Morgan fingerprint density at radius 2 is 1.71 bits per heavy atom. The minimum atomic E-state index is -0.986. The third-order valence-corrected chi connectivity index (χ3v) is 5.32. The average Bonchev–Trinajstić information content (AvgIpc) is 3.02. The number of carbonyl (C=O) groups excluding carboxylic acids is 2. The second-order valence-corrected chi connectivity index (χ2v) is 9.36. The van der Waals surface area contributed by atoms with E-state index in [1.807, 2.05) is 34.6 Å². The number of aromatic carboxylic acids is 1. The number of benzene rings is 1. The zero-order valence-corrected chi connectivity index (χ0v) is 18.6. The van der Waals surface area contributed by atoms with Crippen LogP contribution in [0.5, 0.6) is 0 Å². The SMILES string of the molecule is CC(C)(C)OC(=O)N1CCN2C(=O)N(C(C)(C)C#Cc3ccc(C(=O)O)cc3)C[C@@H]2C1. The van der Waals surface area contributed by atoms with Gasteiger partial charge >= 0.3 is 18.1 Å². The van der Waals surface area contributed by atoms with E-state index in [-0.39, 0.29) is 23.7 Å². The summed E-state index contributed by atoms with van der Waals surface area (Å²) in [5.41, 5.74) is -0.410. The number of carboxylic acids is 1. The maximum absolute atomic E-state index is 13.0. The molecule has 0 spiro atoms. The summed E-state index contributed by atoms with van der Waals surface area (Å²) in [6, 6.07) is 6.12. The van der Waals surface area contributed by atoms with Crippen LogP contribution in [0, 0.1) is 11.8 Å². The monoisotopic (exact) mass is 427 g/mol. The molecule has 1 aromatic rings. The first kappa shape index (κ1) is 22.5. The first-order chi connectivity index (χ1) is 14.4. The van der Waals surface area contributed by atoms with Crippen LogP contribution in [0.3, 0.4) is 0 Å². The summed E-state index contributed by atoms with van der Waals surface area (Å²) in [6.07, 6.45) is -0.359. The van der Waals surface area contributed by atoms with Crippen molar-refractivity contribution >= 4 is 18.1 Å². The van der Waals surface area contributed by atoms with Crippen molar-refractivity contribution in [2.45, 2.75) is 51.8 Å². The van der Waals surface area contributed by atoms with Crippen molar-refractivity contribution in [3.8, 4) is 11.8 Å². The van der Waals surface area contributed by atoms with Crippen molar-refractivity contribution in [2.24, 2.45) is 0 Å². The van der Waals surface area contributed by atoms with Gasteiger partial charge in [-0.1, -0.05) is 11.8 Å². The molecule has 0 saturated carbocycles. The van der Waals surface area contributed by atoms with E-state index < -0.39 is 17.1 Å². The lowest BCUT2D eigenvalue weighted by atomic mass is 10.0. The molecule has 2 aliphatic heterocycles. The number of piperazine rings is 1. The van der Waals surface area contributed by atoms with Gasteiger partial charge < -0.3 is 24.5 Å². The number of rotatable bonds is 2. The molecule has 0 radical (unpaired) electrons. The molecule has 1 N–H and O–H groups in total. The molecule has 2 fully saturated rings. The first-order valence-corrected chi connectivity index (χ1v) is 10.3. The minimum Gasteiger partial charge on any atom is -0.478 e. The van der Waals surface area contributed by atoms with Crippen molar-refractivity contribution in [3.63, 3.8) is 0 Å². The molecule has 0 aromatic heterocycles. The summed E-state index contributed by atoms with van der Waals surface area (Å²) in [7, 11) is 0. The Morgan fingerprint density at radius 3 is 2.29 bits per heavy atom. The van der Waals surface area contributed by atoms with Crippen LogP contribution in [-0.4, -0.2) is 81.3 Å². The highest BCUT2D eigenvalue weighted by Gasteiger charge is 2.46. The standard InChI is InChI=1S/C23H29N3O5/c1-22(2,3)31-21(30)24-12-13-25-18(14-24)15-26(20(25)29)23(4,5)11-10-16-6-8-17(9-7-16)19(27)28/h6-9,18H,12-15H2,1-5H3,(H,27,28)/t18-/m0/s1. The zero-order valence-electron chi connectivity index (χ0n) is 18.6. The van der Waals surface area contributed by atoms with E-state index in [2.05, 4.69) is 11.8 Å². The molecular formula is C23H29N3O5. The summed E-state index contributed by atoms with van der Waals surface area (Å²) in [5.74, 6) is 5.20. The van der Waals surface area contributed by atoms with Gasteiger partial charge in [0.05, 0.1) is 11.6 Å². The van der Waals surface area contributed by atoms with E-state index >= 15 is 0 Å². The topological polar surface area (TPSA) is 90.4 Å². The highest BCUT2D eigenvalue weighted by atomic mass is 16.6. The average molecular weight is 428 g/mol. The van der Waals surface area contributed by atoms with Gasteiger partial charge in [-0.3, -0.25) is 0 Å². The maximum atomic E-state index is 13.0. The van der Waals surface area contributed by atoms with Crippen LogP contribution < -0.4 is 0 Å². The van der Waals surface area contributed by atoms with Crippen LogP contribution >= 0.6 is 0 Å². The molecule has 8 heteroatoms. The van der Waals surface area contributed by atoms with Crippen molar-refractivity contribution in [2.75, 3.05) is 26.2 Å². The maximum Gasteiger partial charge on any atom is 0.410 e. The van der Waals surface area contributed by atoms with Gasteiger partial charge in [0.1, 0.15) is 11.1 Å². The molecule has 0 aliphatic carbocycles. The Hall–Kier alpha value is -3.21. The first-order valence-electron chi connectivity index (χ1n) is 10.3. The number of carbonyl (C=O) groups is 3. The fourth-order valence-corrected chi connectivity index (χ4v) is 3.66. The molecule has 166 valence electrons. The largest absolute Gasteiger partial charge is 0.478 e. The Kier molecular flexibility index (Phi) is 5.90. The lowest BCUT2D eigenvalue weighted by Crippen LogP contribution is -2.54. The van der Waals surface area contributed by atoms with Gasteiger partial charge in [0, 0.05) is 31.7 Å². The summed E-state index contributed by atoms with van der Waals surface area (Å²) in [5, 5.41) is 9.00. The highest BCUT2D eigenvalue weighted by Crippen LogP contribution is 2.28. The number of hydrogen-bond acceptors (Lipinski definition) is 4. The van der Waals surface area contributed by atoms with Crippen molar-refractivity contribution in [1.82, 2.24) is 14.7 Å². The molecule has 0 bridgehead atoms. The Labute approximate surface area is 182 Å². The Morgan fingerprint density at radius 1 is 1.06 bits per heavy atom.